The molecule has 4 rings (SSSR count). The van der Waals surface area contributed by atoms with Crippen molar-refractivity contribution in [2.75, 3.05) is 5.73 Å². The van der Waals surface area contributed by atoms with E-state index < -0.39 is 0 Å². The molecule has 2 aromatic heterocycles. The van der Waals surface area contributed by atoms with Crippen molar-refractivity contribution in [3.8, 4) is 11.1 Å². The fraction of sp³-hybridized carbons (Fsp3) is 0.400. The standard InChI is InChI=1S/C25H31N5O2/c1-4-18-10-17(9-8-16(18)2)15-32-23-7-5-6-22(23)29-25(31)21-11-19(12-27-24(21)26)20-13-28-30(3)14-20/h8-14,22-23H,4-7,15H2,1-3H3,(H2,26,27)(H,29,31)/t22-,23-/m0/s1. The number of nitrogens with one attached hydrogen (secondary N) is 1. The molecule has 3 N–H and O–H groups in total. The molecule has 0 bridgehead atoms. The monoisotopic (exact) mass is 433 g/mol. The third-order valence-corrected chi connectivity index (χ3v) is 6.23. The van der Waals surface area contributed by atoms with Crippen LogP contribution >= 0.6 is 0 Å². The predicted molar refractivity (Wildman–Crippen MR) is 125 cm³/mol. The van der Waals surface area contributed by atoms with Gasteiger partial charge in [0.05, 0.1) is 30.5 Å². The number of aryl methyl sites for hydroxylation is 3. The second-order valence-electron chi connectivity index (χ2n) is 8.53. The van der Waals surface area contributed by atoms with Gasteiger partial charge in [-0.2, -0.15) is 5.10 Å². The highest BCUT2D eigenvalue weighted by molar-refractivity contribution is 5.99. The molecule has 0 unspecified atom stereocenters. The Morgan fingerprint density at radius 3 is 2.84 bits per heavy atom. The number of benzene rings is 1. The van der Waals surface area contributed by atoms with Crippen molar-refractivity contribution < 1.29 is 9.53 Å². The van der Waals surface area contributed by atoms with Gasteiger partial charge in [-0.15, -0.1) is 0 Å². The highest BCUT2D eigenvalue weighted by Crippen LogP contribution is 2.26. The molecule has 0 saturated heterocycles. The first kappa shape index (κ1) is 22.0. The van der Waals surface area contributed by atoms with Crippen LogP contribution in [0, 0.1) is 6.92 Å². The lowest BCUT2D eigenvalue weighted by molar-refractivity contribution is 0.0272. The van der Waals surface area contributed by atoms with Gasteiger partial charge in [-0.3, -0.25) is 9.48 Å². The van der Waals surface area contributed by atoms with Gasteiger partial charge in [-0.1, -0.05) is 25.1 Å². The van der Waals surface area contributed by atoms with Crippen molar-refractivity contribution in [1.29, 1.82) is 0 Å². The molecule has 168 valence electrons. The summed E-state index contributed by atoms with van der Waals surface area (Å²) in [5.41, 5.74) is 11.9. The quantitative estimate of drug-likeness (QED) is 0.591. The molecule has 1 aliphatic carbocycles. The average molecular weight is 434 g/mol. The molecule has 0 aliphatic heterocycles. The molecule has 1 saturated carbocycles. The van der Waals surface area contributed by atoms with Crippen molar-refractivity contribution in [3.05, 3.63) is 65.1 Å². The lowest BCUT2D eigenvalue weighted by Crippen LogP contribution is -2.41. The third-order valence-electron chi connectivity index (χ3n) is 6.23. The fourth-order valence-electron chi connectivity index (χ4n) is 4.32. The minimum atomic E-state index is -0.218. The molecule has 1 fully saturated rings. The molecule has 0 spiro atoms. The zero-order valence-electron chi connectivity index (χ0n) is 19.0. The first-order valence-electron chi connectivity index (χ1n) is 11.2. The summed E-state index contributed by atoms with van der Waals surface area (Å²) in [5, 5.41) is 7.32. The van der Waals surface area contributed by atoms with Gasteiger partial charge < -0.3 is 15.8 Å². The summed E-state index contributed by atoms with van der Waals surface area (Å²) >= 11 is 0. The Labute approximate surface area is 189 Å². The first-order valence-corrected chi connectivity index (χ1v) is 11.2. The van der Waals surface area contributed by atoms with Crippen LogP contribution in [0.25, 0.3) is 11.1 Å². The molecule has 2 heterocycles. The molecule has 32 heavy (non-hydrogen) atoms. The van der Waals surface area contributed by atoms with Crippen LogP contribution in [0.3, 0.4) is 0 Å². The van der Waals surface area contributed by atoms with Crippen molar-refractivity contribution >= 4 is 11.7 Å². The normalized spacial score (nSPS) is 18.1. The summed E-state index contributed by atoms with van der Waals surface area (Å²) in [7, 11) is 1.85. The van der Waals surface area contributed by atoms with Gasteiger partial charge in [0.1, 0.15) is 5.82 Å². The molecular formula is C25H31N5O2. The van der Waals surface area contributed by atoms with Gasteiger partial charge in [-0.25, -0.2) is 4.98 Å². The van der Waals surface area contributed by atoms with Crippen LogP contribution in [0.4, 0.5) is 5.82 Å². The summed E-state index contributed by atoms with van der Waals surface area (Å²) in [6.07, 6.45) is 9.12. The Hall–Kier alpha value is -3.19. The Bertz CT molecular complexity index is 1110. The van der Waals surface area contributed by atoms with E-state index in [4.69, 9.17) is 10.5 Å². The first-order chi connectivity index (χ1) is 15.4. The number of carbonyl (C=O) groups is 1. The number of nitrogens with zero attached hydrogens (tertiary/aromatic N) is 3. The van der Waals surface area contributed by atoms with E-state index in [9.17, 15) is 4.79 Å². The van der Waals surface area contributed by atoms with Crippen molar-refractivity contribution in [2.24, 2.45) is 7.05 Å². The second kappa shape index (κ2) is 9.53. The summed E-state index contributed by atoms with van der Waals surface area (Å²) in [5.74, 6) is 0.00204. The molecule has 1 aromatic carbocycles. The van der Waals surface area contributed by atoms with E-state index in [-0.39, 0.29) is 23.9 Å². The number of pyridine rings is 1. The number of nitrogen functional groups attached to an aromatic ring is 1. The number of hydrogen-bond acceptors (Lipinski definition) is 5. The summed E-state index contributed by atoms with van der Waals surface area (Å²) < 4.78 is 7.94. The maximum absolute atomic E-state index is 13.0. The minimum Gasteiger partial charge on any atom is -0.383 e. The minimum absolute atomic E-state index is 0.0129. The van der Waals surface area contributed by atoms with E-state index in [0.29, 0.717) is 12.2 Å². The predicted octanol–water partition coefficient (Wildman–Crippen LogP) is 3.80. The number of anilines is 1. The van der Waals surface area contributed by atoms with Crippen LogP contribution in [0.2, 0.25) is 0 Å². The molecule has 1 amide bonds. The van der Waals surface area contributed by atoms with Gasteiger partial charge in [0.25, 0.3) is 5.91 Å². The number of hydrogen-bond donors (Lipinski definition) is 2. The van der Waals surface area contributed by atoms with Crippen molar-refractivity contribution in [1.82, 2.24) is 20.1 Å². The number of ether oxygens (including phenoxy) is 1. The van der Waals surface area contributed by atoms with Crippen LogP contribution in [0.5, 0.6) is 0 Å². The smallest absolute Gasteiger partial charge is 0.255 e. The van der Waals surface area contributed by atoms with Gasteiger partial charge in [0, 0.05) is 30.6 Å². The molecule has 2 atom stereocenters. The van der Waals surface area contributed by atoms with E-state index in [1.807, 2.05) is 13.2 Å². The largest absolute Gasteiger partial charge is 0.383 e. The summed E-state index contributed by atoms with van der Waals surface area (Å²) in [4.78, 5) is 17.3. The fourth-order valence-corrected chi connectivity index (χ4v) is 4.32. The number of amides is 1. The Morgan fingerprint density at radius 1 is 1.25 bits per heavy atom. The Balaban J connectivity index is 1.42. The molecule has 3 aromatic rings. The number of carbonyl (C=O) groups excluding carboxylic acids is 1. The number of rotatable bonds is 7. The zero-order valence-corrected chi connectivity index (χ0v) is 19.0. The van der Waals surface area contributed by atoms with Crippen molar-refractivity contribution in [3.63, 3.8) is 0 Å². The molecular weight excluding hydrogens is 402 g/mol. The highest BCUT2D eigenvalue weighted by atomic mass is 16.5. The summed E-state index contributed by atoms with van der Waals surface area (Å²) in [6.45, 7) is 4.85. The topological polar surface area (TPSA) is 95.1 Å². The van der Waals surface area contributed by atoms with E-state index in [1.165, 1.54) is 16.7 Å². The highest BCUT2D eigenvalue weighted by Gasteiger charge is 2.30. The van der Waals surface area contributed by atoms with E-state index in [2.05, 4.69) is 47.4 Å². The van der Waals surface area contributed by atoms with Crippen LogP contribution in [-0.4, -0.2) is 32.8 Å². The van der Waals surface area contributed by atoms with E-state index >= 15 is 0 Å². The van der Waals surface area contributed by atoms with Gasteiger partial charge in [-0.05, 0) is 55.4 Å². The van der Waals surface area contributed by atoms with Crippen LogP contribution in [0.1, 0.15) is 53.2 Å². The van der Waals surface area contributed by atoms with E-state index in [0.717, 1.165) is 36.8 Å². The maximum Gasteiger partial charge on any atom is 0.255 e. The van der Waals surface area contributed by atoms with Gasteiger partial charge >= 0.3 is 0 Å². The zero-order chi connectivity index (χ0) is 22.7. The molecule has 0 radical (unpaired) electrons. The van der Waals surface area contributed by atoms with E-state index in [1.54, 1.807) is 23.1 Å². The Kier molecular flexibility index (Phi) is 6.55. The number of nitrogens with two attached hydrogens (primary N) is 1. The molecule has 1 aliphatic rings. The third kappa shape index (κ3) is 4.83. The maximum atomic E-state index is 13.0. The van der Waals surface area contributed by atoms with Crippen LogP contribution in [-0.2, 0) is 24.8 Å². The average Bonchev–Trinajstić information content (AvgIpc) is 3.42. The Morgan fingerprint density at radius 2 is 2.09 bits per heavy atom. The SMILES string of the molecule is CCc1cc(CO[C@H]2CCC[C@@H]2NC(=O)c2cc(-c3cnn(C)c3)cnc2N)ccc1C. The lowest BCUT2D eigenvalue weighted by atomic mass is 10.0. The second-order valence-corrected chi connectivity index (χ2v) is 8.53. The van der Waals surface area contributed by atoms with Crippen LogP contribution in [0.15, 0.2) is 42.9 Å². The molecule has 7 heteroatoms. The number of aromatic nitrogens is 3. The molecule has 7 nitrogen and oxygen atoms in total. The van der Waals surface area contributed by atoms with Crippen molar-refractivity contribution in [2.45, 2.75) is 58.3 Å². The van der Waals surface area contributed by atoms with Gasteiger partial charge in [0.2, 0.25) is 0 Å². The van der Waals surface area contributed by atoms with Crippen LogP contribution < -0.4 is 11.1 Å². The lowest BCUT2D eigenvalue weighted by Gasteiger charge is -2.22. The summed E-state index contributed by atoms with van der Waals surface area (Å²) in [6, 6.07) is 8.22. The van der Waals surface area contributed by atoms with Gasteiger partial charge in [0.15, 0.2) is 0 Å².